The van der Waals surface area contributed by atoms with Gasteiger partial charge in [0, 0.05) is 13.1 Å². The Morgan fingerprint density at radius 1 is 0.704 bits per heavy atom. The van der Waals surface area contributed by atoms with Crippen molar-refractivity contribution in [2.75, 3.05) is 32.8 Å². The van der Waals surface area contributed by atoms with Crippen LogP contribution in [0.3, 0.4) is 0 Å². The van der Waals surface area contributed by atoms with Crippen LogP contribution in [0.15, 0.2) is 0 Å². The minimum atomic E-state index is -6.16. The molecule has 0 aromatic rings. The molecule has 0 bridgehead atoms. The molecule has 15 heteroatoms. The van der Waals surface area contributed by atoms with Crippen LogP contribution in [0.4, 0.5) is 43.9 Å². The number of hydrogen-bond acceptors (Lipinski definition) is 5. The first-order chi connectivity index (χ1) is 12.0. The molecule has 0 aromatic heterocycles. The number of carbonyl (C=O) groups excluding carboxylic acids is 2. The quantitative estimate of drug-likeness (QED) is 0.420. The van der Waals surface area contributed by atoms with Crippen LogP contribution in [0.2, 0.25) is 0 Å². The monoisotopic (exact) mass is 425 g/mol. The fourth-order valence-electron chi connectivity index (χ4n) is 1.38. The molecule has 0 amide bonds. The van der Waals surface area contributed by atoms with Gasteiger partial charge in [0.15, 0.2) is 0 Å². The maximum atomic E-state index is 12.6. The van der Waals surface area contributed by atoms with Crippen LogP contribution in [0.5, 0.6) is 0 Å². The standard InChI is InChI=1S/C12H13F10NO4/c1-2-23(3-5-26-7(24)9(13,14)11(17,18)19)4-6-27-8(25)10(15,16)12(20,21)22/h2-6H2,1H3. The van der Waals surface area contributed by atoms with Gasteiger partial charge in [0.1, 0.15) is 13.2 Å². The summed E-state index contributed by atoms with van der Waals surface area (Å²) in [7, 11) is 0. The van der Waals surface area contributed by atoms with Crippen LogP contribution in [-0.2, 0) is 19.1 Å². The van der Waals surface area contributed by atoms with Crippen LogP contribution in [0.1, 0.15) is 6.92 Å². The summed E-state index contributed by atoms with van der Waals surface area (Å²) in [6.45, 7) is -1.53. The summed E-state index contributed by atoms with van der Waals surface area (Å²) in [6.07, 6.45) is -12.3. The van der Waals surface area contributed by atoms with Crippen molar-refractivity contribution in [2.45, 2.75) is 31.1 Å². The summed E-state index contributed by atoms with van der Waals surface area (Å²) in [4.78, 5) is 22.5. The zero-order valence-electron chi connectivity index (χ0n) is 13.4. The number of hydrogen-bond donors (Lipinski definition) is 0. The van der Waals surface area contributed by atoms with Crippen molar-refractivity contribution in [3.05, 3.63) is 0 Å². The van der Waals surface area contributed by atoms with Crippen molar-refractivity contribution in [3.63, 3.8) is 0 Å². The van der Waals surface area contributed by atoms with Gasteiger partial charge in [-0.2, -0.15) is 43.9 Å². The average molecular weight is 425 g/mol. The Hall–Kier alpha value is -1.80. The number of carbonyl (C=O) groups is 2. The van der Waals surface area contributed by atoms with Crippen LogP contribution in [0, 0.1) is 0 Å². The van der Waals surface area contributed by atoms with E-state index in [0.717, 1.165) is 4.90 Å². The molecule has 0 heterocycles. The van der Waals surface area contributed by atoms with Gasteiger partial charge in [-0.15, -0.1) is 0 Å². The third-order valence-corrected chi connectivity index (χ3v) is 2.95. The summed E-state index contributed by atoms with van der Waals surface area (Å²) in [5.74, 6) is -17.2. The predicted molar refractivity (Wildman–Crippen MR) is 66.0 cm³/mol. The van der Waals surface area contributed by atoms with Crippen molar-refractivity contribution in [1.29, 1.82) is 0 Å². The molecule has 0 unspecified atom stereocenters. The summed E-state index contributed by atoms with van der Waals surface area (Å²) in [5, 5.41) is 0. The van der Waals surface area contributed by atoms with Crippen molar-refractivity contribution in [1.82, 2.24) is 4.90 Å². The number of rotatable bonds is 9. The van der Waals surface area contributed by atoms with Gasteiger partial charge in [0.25, 0.3) is 0 Å². The molecule has 0 fully saturated rings. The first-order valence-corrected chi connectivity index (χ1v) is 6.94. The molecule has 0 saturated heterocycles. The SMILES string of the molecule is CCN(CCOC(=O)C(F)(F)C(F)(F)F)CCOC(=O)C(F)(F)C(F)(F)F. The van der Waals surface area contributed by atoms with Gasteiger partial charge < -0.3 is 9.47 Å². The molecule has 5 nitrogen and oxygen atoms in total. The topological polar surface area (TPSA) is 55.8 Å². The number of alkyl halides is 10. The van der Waals surface area contributed by atoms with E-state index in [1.807, 2.05) is 0 Å². The second kappa shape index (κ2) is 8.93. The van der Waals surface area contributed by atoms with E-state index in [-0.39, 0.29) is 6.54 Å². The molecule has 160 valence electrons. The number of ether oxygens (including phenoxy) is 2. The Labute approximate surface area is 145 Å². The molecule has 0 saturated carbocycles. The Bertz CT molecular complexity index is 473. The highest BCUT2D eigenvalue weighted by Gasteiger charge is 2.65. The van der Waals surface area contributed by atoms with Crippen molar-refractivity contribution < 1.29 is 63.0 Å². The largest absolute Gasteiger partial charge is 0.465 e. The van der Waals surface area contributed by atoms with Gasteiger partial charge in [-0.1, -0.05) is 6.92 Å². The third-order valence-electron chi connectivity index (χ3n) is 2.95. The lowest BCUT2D eigenvalue weighted by Gasteiger charge is -2.22. The van der Waals surface area contributed by atoms with E-state index in [1.165, 1.54) is 6.92 Å². The molecule has 0 aliphatic carbocycles. The summed E-state index contributed by atoms with van der Waals surface area (Å²) in [5.41, 5.74) is 0. The van der Waals surface area contributed by atoms with Crippen LogP contribution in [-0.4, -0.2) is 73.9 Å². The van der Waals surface area contributed by atoms with E-state index in [0.29, 0.717) is 0 Å². The van der Waals surface area contributed by atoms with Gasteiger partial charge in [0.2, 0.25) is 0 Å². The summed E-state index contributed by atoms with van der Waals surface area (Å²) in [6, 6.07) is 0. The van der Waals surface area contributed by atoms with E-state index in [4.69, 9.17) is 0 Å². The highest BCUT2D eigenvalue weighted by Crippen LogP contribution is 2.37. The minimum Gasteiger partial charge on any atom is -0.460 e. The second-order valence-electron chi connectivity index (χ2n) is 4.85. The van der Waals surface area contributed by atoms with E-state index in [9.17, 15) is 53.5 Å². The Morgan fingerprint density at radius 3 is 1.22 bits per heavy atom. The van der Waals surface area contributed by atoms with Gasteiger partial charge >= 0.3 is 36.1 Å². The fraction of sp³-hybridized carbons (Fsp3) is 0.833. The molecule has 0 N–H and O–H groups in total. The maximum absolute atomic E-state index is 12.6. The van der Waals surface area contributed by atoms with E-state index in [2.05, 4.69) is 9.47 Å². The normalized spacial score (nSPS) is 13.6. The number of halogens is 10. The fourth-order valence-corrected chi connectivity index (χ4v) is 1.38. The van der Waals surface area contributed by atoms with Crippen molar-refractivity contribution in [2.24, 2.45) is 0 Å². The van der Waals surface area contributed by atoms with Gasteiger partial charge in [-0.25, -0.2) is 9.59 Å². The summed E-state index contributed by atoms with van der Waals surface area (Å²) < 4.78 is 129. The van der Waals surface area contributed by atoms with E-state index in [1.54, 1.807) is 0 Å². The third kappa shape index (κ3) is 6.70. The lowest BCUT2D eigenvalue weighted by Crippen LogP contribution is -2.46. The molecule has 0 aliphatic heterocycles. The zero-order chi connectivity index (χ0) is 21.7. The number of esters is 2. The highest BCUT2D eigenvalue weighted by molar-refractivity contribution is 5.79. The van der Waals surface area contributed by atoms with Gasteiger partial charge in [-0.3, -0.25) is 4.90 Å². The second-order valence-corrected chi connectivity index (χ2v) is 4.85. The first-order valence-electron chi connectivity index (χ1n) is 6.94. The molecule has 27 heavy (non-hydrogen) atoms. The minimum absolute atomic E-state index is 0.0135. The molecule has 0 rings (SSSR count). The Kier molecular flexibility index (Phi) is 8.33. The number of likely N-dealkylation sites (N-methyl/N-ethyl adjacent to an activating group) is 1. The molecule has 0 aromatic carbocycles. The Morgan fingerprint density at radius 2 is 1.00 bits per heavy atom. The predicted octanol–water partition coefficient (Wildman–Crippen LogP) is 2.79. The Balaban J connectivity index is 4.43. The average Bonchev–Trinajstić information content (AvgIpc) is 2.50. The highest BCUT2D eigenvalue weighted by atomic mass is 19.4. The van der Waals surface area contributed by atoms with Crippen LogP contribution in [0.25, 0.3) is 0 Å². The van der Waals surface area contributed by atoms with Gasteiger partial charge in [-0.05, 0) is 6.54 Å². The lowest BCUT2D eigenvalue weighted by molar-refractivity contribution is -0.280. The van der Waals surface area contributed by atoms with E-state index >= 15 is 0 Å². The van der Waals surface area contributed by atoms with Crippen LogP contribution < -0.4 is 0 Å². The molecular formula is C12H13F10NO4. The number of nitrogens with zero attached hydrogens (tertiary/aromatic N) is 1. The zero-order valence-corrected chi connectivity index (χ0v) is 13.4. The van der Waals surface area contributed by atoms with Gasteiger partial charge in [0.05, 0.1) is 0 Å². The molecule has 0 aliphatic rings. The maximum Gasteiger partial charge on any atom is 0.465 e. The first kappa shape index (κ1) is 25.2. The van der Waals surface area contributed by atoms with Crippen LogP contribution >= 0.6 is 0 Å². The van der Waals surface area contributed by atoms with E-state index < -0.39 is 62.4 Å². The van der Waals surface area contributed by atoms with Crippen molar-refractivity contribution >= 4 is 11.9 Å². The molecular weight excluding hydrogens is 412 g/mol. The lowest BCUT2D eigenvalue weighted by atomic mass is 10.3. The molecule has 0 radical (unpaired) electrons. The molecule has 0 spiro atoms. The van der Waals surface area contributed by atoms with Crippen molar-refractivity contribution in [3.8, 4) is 0 Å². The summed E-state index contributed by atoms with van der Waals surface area (Å²) >= 11 is 0. The smallest absolute Gasteiger partial charge is 0.460 e. The molecule has 0 atom stereocenters.